The average molecular weight is 248 g/mol. The highest BCUT2D eigenvalue weighted by molar-refractivity contribution is 7.07. The average Bonchev–Trinajstić information content (AvgIpc) is 2.76. The molecule has 1 heterocycles. The Balaban J connectivity index is 2.21. The van der Waals surface area contributed by atoms with Gasteiger partial charge in [-0.05, 0) is 28.8 Å². The van der Waals surface area contributed by atoms with E-state index in [1.54, 1.807) is 11.3 Å². The molecule has 1 amide bonds. The number of alkyl halides is 2. The number of nitrogens with two attached hydrogens (primary N) is 1. The van der Waals surface area contributed by atoms with Gasteiger partial charge in [0, 0.05) is 6.42 Å². The Labute approximate surface area is 96.6 Å². The molecule has 1 aromatic heterocycles. The maximum atomic E-state index is 12.7. The third-order valence-electron chi connectivity index (χ3n) is 2.06. The van der Waals surface area contributed by atoms with E-state index in [1.165, 1.54) is 0 Å². The first-order chi connectivity index (χ1) is 7.53. The summed E-state index contributed by atoms with van der Waals surface area (Å²) in [5.41, 5.74) is 5.89. The van der Waals surface area contributed by atoms with Crippen LogP contribution in [0, 0.1) is 0 Å². The molecular weight excluding hydrogens is 234 g/mol. The lowest BCUT2D eigenvalue weighted by atomic mass is 10.2. The number of halogens is 2. The Morgan fingerprint density at radius 3 is 2.88 bits per heavy atom. The first kappa shape index (κ1) is 13.1. The van der Waals surface area contributed by atoms with Crippen LogP contribution in [0.1, 0.15) is 12.0 Å². The van der Waals surface area contributed by atoms with Gasteiger partial charge in [-0.15, -0.1) is 0 Å². The van der Waals surface area contributed by atoms with Crippen molar-refractivity contribution in [1.29, 1.82) is 0 Å². The van der Waals surface area contributed by atoms with E-state index in [4.69, 9.17) is 5.73 Å². The van der Waals surface area contributed by atoms with Crippen LogP contribution in [-0.4, -0.2) is 24.9 Å². The van der Waals surface area contributed by atoms with E-state index in [0.717, 1.165) is 5.56 Å². The van der Waals surface area contributed by atoms with Crippen LogP contribution in [0.2, 0.25) is 0 Å². The van der Waals surface area contributed by atoms with Crippen LogP contribution in [0.4, 0.5) is 8.78 Å². The molecule has 6 heteroatoms. The van der Waals surface area contributed by atoms with Crippen molar-refractivity contribution in [3.63, 3.8) is 0 Å². The highest BCUT2D eigenvalue weighted by atomic mass is 32.1. The second-order valence-electron chi connectivity index (χ2n) is 3.47. The number of carbonyl (C=O) groups excluding carboxylic acids is 1. The van der Waals surface area contributed by atoms with Crippen molar-refractivity contribution in [1.82, 2.24) is 5.32 Å². The number of thiophene rings is 1. The molecule has 0 saturated heterocycles. The Bertz CT molecular complexity index is 328. The molecule has 3 N–H and O–H groups in total. The summed E-state index contributed by atoms with van der Waals surface area (Å²) in [5.74, 6) is -3.39. The second-order valence-corrected chi connectivity index (χ2v) is 4.25. The minimum Gasteiger partial charge on any atom is -0.350 e. The van der Waals surface area contributed by atoms with Crippen molar-refractivity contribution >= 4 is 17.2 Å². The van der Waals surface area contributed by atoms with Gasteiger partial charge in [0.2, 0.25) is 5.91 Å². The Morgan fingerprint density at radius 1 is 1.56 bits per heavy atom. The Morgan fingerprint density at radius 2 is 2.31 bits per heavy atom. The maximum Gasteiger partial charge on any atom is 0.277 e. The van der Waals surface area contributed by atoms with Crippen molar-refractivity contribution in [2.45, 2.75) is 18.8 Å². The molecule has 1 aromatic rings. The minimum absolute atomic E-state index is 0.220. The van der Waals surface area contributed by atoms with Gasteiger partial charge in [0.1, 0.15) is 0 Å². The molecule has 0 aliphatic heterocycles. The largest absolute Gasteiger partial charge is 0.350 e. The predicted octanol–water partition coefficient (Wildman–Crippen LogP) is 1.39. The lowest BCUT2D eigenvalue weighted by Gasteiger charge is -2.14. The van der Waals surface area contributed by atoms with Crippen LogP contribution in [-0.2, 0) is 11.2 Å². The van der Waals surface area contributed by atoms with Gasteiger partial charge in [-0.3, -0.25) is 4.79 Å². The normalized spacial score (nSPS) is 11.4. The second kappa shape index (κ2) is 5.91. The Hall–Kier alpha value is -1.01. The zero-order chi connectivity index (χ0) is 12.0. The van der Waals surface area contributed by atoms with Crippen molar-refractivity contribution in [3.05, 3.63) is 22.4 Å². The van der Waals surface area contributed by atoms with E-state index in [2.05, 4.69) is 5.32 Å². The molecule has 0 aliphatic carbocycles. The number of amides is 1. The first-order valence-corrected chi connectivity index (χ1v) is 5.83. The van der Waals surface area contributed by atoms with E-state index in [-0.39, 0.29) is 12.3 Å². The summed E-state index contributed by atoms with van der Waals surface area (Å²) in [6.07, 6.45) is 0.793. The van der Waals surface area contributed by atoms with Crippen molar-refractivity contribution in [2.24, 2.45) is 5.73 Å². The molecule has 0 radical (unpaired) electrons. The number of carbonyl (C=O) groups is 1. The van der Waals surface area contributed by atoms with E-state index < -0.39 is 19.0 Å². The SMILES string of the molecule is NCC(F)(F)CNC(=O)CCc1ccsc1. The lowest BCUT2D eigenvalue weighted by Crippen LogP contribution is -2.41. The van der Waals surface area contributed by atoms with E-state index in [9.17, 15) is 13.6 Å². The highest BCUT2D eigenvalue weighted by Crippen LogP contribution is 2.10. The summed E-state index contributed by atoms with van der Waals surface area (Å²) < 4.78 is 25.4. The zero-order valence-electron chi connectivity index (χ0n) is 8.71. The third kappa shape index (κ3) is 4.67. The summed E-state index contributed by atoms with van der Waals surface area (Å²) in [4.78, 5) is 11.2. The summed E-state index contributed by atoms with van der Waals surface area (Å²) in [6.45, 7) is -1.44. The van der Waals surface area contributed by atoms with Crippen LogP contribution >= 0.6 is 11.3 Å². The number of aryl methyl sites for hydroxylation is 1. The van der Waals surface area contributed by atoms with Crippen molar-refractivity contribution in [3.8, 4) is 0 Å². The van der Waals surface area contributed by atoms with E-state index >= 15 is 0 Å². The van der Waals surface area contributed by atoms with Crippen molar-refractivity contribution < 1.29 is 13.6 Å². The smallest absolute Gasteiger partial charge is 0.277 e. The fourth-order valence-electron chi connectivity index (χ4n) is 1.08. The van der Waals surface area contributed by atoms with Crippen LogP contribution < -0.4 is 11.1 Å². The maximum absolute atomic E-state index is 12.7. The summed E-state index contributed by atoms with van der Waals surface area (Å²) in [7, 11) is 0. The summed E-state index contributed by atoms with van der Waals surface area (Å²) in [5, 5.41) is 6.02. The number of hydrogen-bond donors (Lipinski definition) is 2. The molecule has 3 nitrogen and oxygen atoms in total. The van der Waals surface area contributed by atoms with Gasteiger partial charge in [0.05, 0.1) is 13.1 Å². The van der Waals surface area contributed by atoms with Gasteiger partial charge in [0.15, 0.2) is 0 Å². The minimum atomic E-state index is -3.02. The third-order valence-corrected chi connectivity index (χ3v) is 2.80. The molecular formula is C10H14F2N2OS. The number of hydrogen-bond acceptors (Lipinski definition) is 3. The monoisotopic (exact) mass is 248 g/mol. The van der Waals surface area contributed by atoms with Gasteiger partial charge >= 0.3 is 0 Å². The highest BCUT2D eigenvalue weighted by Gasteiger charge is 2.26. The van der Waals surface area contributed by atoms with E-state index in [0.29, 0.717) is 6.42 Å². The molecule has 0 fully saturated rings. The first-order valence-electron chi connectivity index (χ1n) is 4.89. The van der Waals surface area contributed by atoms with Crippen LogP contribution in [0.3, 0.4) is 0 Å². The topological polar surface area (TPSA) is 55.1 Å². The molecule has 0 atom stereocenters. The summed E-state index contributed by atoms with van der Waals surface area (Å²) >= 11 is 1.54. The van der Waals surface area contributed by atoms with Gasteiger partial charge < -0.3 is 11.1 Å². The van der Waals surface area contributed by atoms with Gasteiger partial charge in [-0.1, -0.05) is 0 Å². The molecule has 16 heavy (non-hydrogen) atoms. The molecule has 90 valence electrons. The number of rotatable bonds is 6. The van der Waals surface area contributed by atoms with Gasteiger partial charge in [0.25, 0.3) is 5.92 Å². The fourth-order valence-corrected chi connectivity index (χ4v) is 1.78. The molecule has 0 saturated carbocycles. The van der Waals surface area contributed by atoms with Crippen molar-refractivity contribution in [2.75, 3.05) is 13.1 Å². The lowest BCUT2D eigenvalue weighted by molar-refractivity contribution is -0.122. The molecule has 0 aromatic carbocycles. The van der Waals surface area contributed by atoms with Gasteiger partial charge in [-0.2, -0.15) is 11.3 Å². The van der Waals surface area contributed by atoms with Crippen LogP contribution in [0.5, 0.6) is 0 Å². The fraction of sp³-hybridized carbons (Fsp3) is 0.500. The van der Waals surface area contributed by atoms with Crippen LogP contribution in [0.25, 0.3) is 0 Å². The predicted molar refractivity (Wildman–Crippen MR) is 59.7 cm³/mol. The van der Waals surface area contributed by atoms with Gasteiger partial charge in [-0.25, -0.2) is 8.78 Å². The van der Waals surface area contributed by atoms with E-state index in [1.807, 2.05) is 16.8 Å². The molecule has 0 bridgehead atoms. The molecule has 0 aliphatic rings. The summed E-state index contributed by atoms with van der Waals surface area (Å²) in [6, 6.07) is 1.91. The Kier molecular flexibility index (Phi) is 4.82. The number of nitrogens with one attached hydrogen (secondary N) is 1. The zero-order valence-corrected chi connectivity index (χ0v) is 9.53. The molecule has 1 rings (SSSR count). The molecule has 0 unspecified atom stereocenters. The van der Waals surface area contributed by atoms with Crippen LogP contribution in [0.15, 0.2) is 16.8 Å². The standard InChI is InChI=1S/C10H14F2N2OS/c11-10(12,6-13)7-14-9(15)2-1-8-3-4-16-5-8/h3-5H,1-2,6-7,13H2,(H,14,15). The quantitative estimate of drug-likeness (QED) is 0.799. The molecule has 0 spiro atoms.